The van der Waals surface area contributed by atoms with Gasteiger partial charge in [-0.3, -0.25) is 9.59 Å². The molecular formula is C17H20N2O2. The van der Waals surface area contributed by atoms with E-state index in [1.807, 2.05) is 13.0 Å². The Morgan fingerprint density at radius 3 is 2.48 bits per heavy atom. The van der Waals surface area contributed by atoms with E-state index in [-0.39, 0.29) is 28.4 Å². The van der Waals surface area contributed by atoms with Crippen LogP contribution in [0.5, 0.6) is 0 Å². The zero-order valence-electron chi connectivity index (χ0n) is 12.6. The van der Waals surface area contributed by atoms with E-state index in [1.54, 1.807) is 24.3 Å². The van der Waals surface area contributed by atoms with Crippen LogP contribution in [0.3, 0.4) is 0 Å². The van der Waals surface area contributed by atoms with Crippen molar-refractivity contribution in [2.75, 3.05) is 0 Å². The summed E-state index contributed by atoms with van der Waals surface area (Å²) in [6, 6.07) is 8.90. The van der Waals surface area contributed by atoms with Crippen LogP contribution < -0.4 is 5.43 Å². The monoisotopic (exact) mass is 284 g/mol. The molecule has 2 bridgehead atoms. The molecule has 0 heterocycles. The third kappa shape index (κ3) is 1.85. The van der Waals surface area contributed by atoms with Crippen molar-refractivity contribution in [1.29, 1.82) is 0 Å². The lowest BCUT2D eigenvalue weighted by Gasteiger charge is -2.31. The number of ketones is 1. The number of fused-ring (bicyclic) bond motifs is 2. The van der Waals surface area contributed by atoms with Crippen LogP contribution in [0, 0.1) is 16.7 Å². The Bertz CT molecular complexity index is 633. The second-order valence-electron chi connectivity index (χ2n) is 6.78. The van der Waals surface area contributed by atoms with Gasteiger partial charge in [-0.15, -0.1) is 0 Å². The second-order valence-corrected chi connectivity index (χ2v) is 6.78. The molecule has 2 aliphatic rings. The molecule has 1 aromatic rings. The molecule has 0 spiro atoms. The number of rotatable bonds is 2. The first-order valence-corrected chi connectivity index (χ1v) is 7.36. The van der Waals surface area contributed by atoms with E-state index in [0.29, 0.717) is 11.3 Å². The average Bonchev–Trinajstić information content (AvgIpc) is 2.78. The molecule has 2 unspecified atom stereocenters. The Balaban J connectivity index is 1.83. The fraction of sp³-hybridized carbons (Fsp3) is 0.471. The Hall–Kier alpha value is -1.97. The van der Waals surface area contributed by atoms with Gasteiger partial charge in [0.2, 0.25) is 0 Å². The molecule has 0 radical (unpaired) electrons. The Kier molecular flexibility index (Phi) is 3.01. The zero-order valence-corrected chi connectivity index (χ0v) is 12.6. The van der Waals surface area contributed by atoms with E-state index < -0.39 is 0 Å². The summed E-state index contributed by atoms with van der Waals surface area (Å²) >= 11 is 0. The van der Waals surface area contributed by atoms with Crippen molar-refractivity contribution in [2.24, 2.45) is 21.8 Å². The molecule has 2 atom stereocenters. The van der Waals surface area contributed by atoms with Crippen molar-refractivity contribution < 1.29 is 9.59 Å². The minimum absolute atomic E-state index is 0.0829. The summed E-state index contributed by atoms with van der Waals surface area (Å²) in [5.41, 5.74) is 3.20. The molecule has 4 nitrogen and oxygen atoms in total. The molecule has 2 saturated carbocycles. The number of hydrogen-bond acceptors (Lipinski definition) is 3. The smallest absolute Gasteiger partial charge is 0.271 e. The average molecular weight is 284 g/mol. The number of nitrogens with one attached hydrogen (secondary N) is 1. The molecule has 1 N–H and O–H groups in total. The number of hydrogen-bond donors (Lipinski definition) is 1. The number of hydrazone groups is 1. The van der Waals surface area contributed by atoms with E-state index >= 15 is 0 Å². The maximum Gasteiger partial charge on any atom is 0.271 e. The number of amides is 1. The Morgan fingerprint density at radius 2 is 1.90 bits per heavy atom. The lowest BCUT2D eigenvalue weighted by atomic mass is 9.70. The maximum atomic E-state index is 12.6. The van der Waals surface area contributed by atoms with Gasteiger partial charge in [-0.25, -0.2) is 5.43 Å². The third-order valence-electron chi connectivity index (χ3n) is 5.60. The summed E-state index contributed by atoms with van der Waals surface area (Å²) in [4.78, 5) is 24.6. The maximum absolute atomic E-state index is 12.6. The molecule has 2 aliphatic carbocycles. The third-order valence-corrected chi connectivity index (χ3v) is 5.60. The molecule has 1 amide bonds. The molecule has 0 aliphatic heterocycles. The molecular weight excluding hydrogens is 264 g/mol. The van der Waals surface area contributed by atoms with E-state index in [2.05, 4.69) is 24.4 Å². The fourth-order valence-electron chi connectivity index (χ4n) is 3.72. The number of benzene rings is 1. The molecule has 0 saturated heterocycles. The lowest BCUT2D eigenvalue weighted by Crippen LogP contribution is -2.34. The minimum Gasteiger partial charge on any atom is -0.292 e. The normalized spacial score (nSPS) is 31.7. The van der Waals surface area contributed by atoms with Crippen LogP contribution in [-0.4, -0.2) is 17.4 Å². The summed E-state index contributed by atoms with van der Waals surface area (Å²) in [7, 11) is 0. The van der Waals surface area contributed by atoms with Crippen LogP contribution >= 0.6 is 0 Å². The van der Waals surface area contributed by atoms with Gasteiger partial charge in [0.1, 0.15) is 5.71 Å². The second kappa shape index (κ2) is 4.52. The standard InChI is InChI=1S/C17H20N2O2/c1-16(2)12-9-10-17(16,3)14(20)13(12)18-19-15(21)11-7-5-4-6-8-11/h4-8,12H,9-10H2,1-3H3,(H,19,21)/b18-13+. The van der Waals surface area contributed by atoms with Crippen molar-refractivity contribution in [3.8, 4) is 0 Å². The molecule has 1 aromatic carbocycles. The SMILES string of the molecule is CC12CCC(/C(=N\NC(=O)c3ccccc3)C1=O)C2(C)C. The highest BCUT2D eigenvalue weighted by Crippen LogP contribution is 2.62. The quantitative estimate of drug-likeness (QED) is 0.849. The predicted octanol–water partition coefficient (Wildman–Crippen LogP) is 2.80. The van der Waals surface area contributed by atoms with Gasteiger partial charge < -0.3 is 0 Å². The van der Waals surface area contributed by atoms with Gasteiger partial charge in [-0.05, 0) is 30.4 Å². The summed E-state index contributed by atoms with van der Waals surface area (Å²) in [6.07, 6.45) is 1.88. The number of Topliss-reactive ketones (excluding diaryl/α,β-unsaturated/α-hetero) is 1. The van der Waals surface area contributed by atoms with E-state index in [9.17, 15) is 9.59 Å². The Morgan fingerprint density at radius 1 is 1.24 bits per heavy atom. The van der Waals surface area contributed by atoms with Crippen LogP contribution in [0.4, 0.5) is 0 Å². The summed E-state index contributed by atoms with van der Waals surface area (Å²) < 4.78 is 0. The highest BCUT2D eigenvalue weighted by atomic mass is 16.2. The van der Waals surface area contributed by atoms with E-state index in [0.717, 1.165) is 12.8 Å². The first kappa shape index (κ1) is 14.0. The highest BCUT2D eigenvalue weighted by Gasteiger charge is 2.65. The van der Waals surface area contributed by atoms with Gasteiger partial charge in [0, 0.05) is 16.9 Å². The number of carbonyl (C=O) groups excluding carboxylic acids is 2. The van der Waals surface area contributed by atoms with Gasteiger partial charge in [0.05, 0.1) is 0 Å². The van der Waals surface area contributed by atoms with Crippen LogP contribution in [0.1, 0.15) is 44.0 Å². The molecule has 21 heavy (non-hydrogen) atoms. The van der Waals surface area contributed by atoms with Gasteiger partial charge in [-0.2, -0.15) is 5.10 Å². The Labute approximate surface area is 124 Å². The van der Waals surface area contributed by atoms with Crippen LogP contribution in [-0.2, 0) is 4.79 Å². The van der Waals surface area contributed by atoms with E-state index in [1.165, 1.54) is 0 Å². The first-order chi connectivity index (χ1) is 9.88. The van der Waals surface area contributed by atoms with Crippen molar-refractivity contribution in [2.45, 2.75) is 33.6 Å². The van der Waals surface area contributed by atoms with Gasteiger partial charge in [0.25, 0.3) is 5.91 Å². The molecule has 3 rings (SSSR count). The van der Waals surface area contributed by atoms with Crippen LogP contribution in [0.2, 0.25) is 0 Å². The largest absolute Gasteiger partial charge is 0.292 e. The lowest BCUT2D eigenvalue weighted by molar-refractivity contribution is -0.123. The zero-order chi connectivity index (χ0) is 15.3. The first-order valence-electron chi connectivity index (χ1n) is 7.36. The van der Waals surface area contributed by atoms with Crippen molar-refractivity contribution in [3.05, 3.63) is 35.9 Å². The number of carbonyl (C=O) groups is 2. The van der Waals surface area contributed by atoms with Crippen molar-refractivity contribution >= 4 is 17.4 Å². The predicted molar refractivity (Wildman–Crippen MR) is 81.0 cm³/mol. The van der Waals surface area contributed by atoms with Gasteiger partial charge in [0.15, 0.2) is 5.78 Å². The highest BCUT2D eigenvalue weighted by molar-refractivity contribution is 6.45. The van der Waals surface area contributed by atoms with Crippen molar-refractivity contribution in [1.82, 2.24) is 5.43 Å². The van der Waals surface area contributed by atoms with Crippen LogP contribution in [0.15, 0.2) is 35.4 Å². The summed E-state index contributed by atoms with van der Waals surface area (Å²) in [5.74, 6) is -0.0372. The molecule has 0 aromatic heterocycles. The van der Waals surface area contributed by atoms with Crippen molar-refractivity contribution in [3.63, 3.8) is 0 Å². The van der Waals surface area contributed by atoms with Crippen LogP contribution in [0.25, 0.3) is 0 Å². The van der Waals surface area contributed by atoms with E-state index in [4.69, 9.17) is 0 Å². The molecule has 110 valence electrons. The van der Waals surface area contributed by atoms with Gasteiger partial charge >= 0.3 is 0 Å². The summed E-state index contributed by atoms with van der Waals surface area (Å²) in [6.45, 7) is 6.28. The van der Waals surface area contributed by atoms with Gasteiger partial charge in [-0.1, -0.05) is 39.0 Å². The minimum atomic E-state index is -0.339. The molecule has 2 fully saturated rings. The topological polar surface area (TPSA) is 58.5 Å². The summed E-state index contributed by atoms with van der Waals surface area (Å²) in [5, 5.41) is 4.17. The fourth-order valence-corrected chi connectivity index (χ4v) is 3.72. The number of nitrogens with zero attached hydrogens (tertiary/aromatic N) is 1. The molecule has 4 heteroatoms.